The molecule has 0 atom stereocenters. The van der Waals surface area contributed by atoms with E-state index < -0.39 is 0 Å². The summed E-state index contributed by atoms with van der Waals surface area (Å²) in [5.41, 5.74) is 0.302. The summed E-state index contributed by atoms with van der Waals surface area (Å²) in [5.74, 6) is 1.14. The monoisotopic (exact) mass is 640 g/mol. The van der Waals surface area contributed by atoms with Crippen molar-refractivity contribution < 1.29 is 10.2 Å². The second kappa shape index (κ2) is 13.5. The lowest BCUT2D eigenvalue weighted by molar-refractivity contribution is 0.0608. The molecular weight excluding hydrogens is 592 g/mol. The molecule has 4 aromatic heterocycles. The summed E-state index contributed by atoms with van der Waals surface area (Å²) in [6, 6.07) is 0. The molecule has 252 valence electrons. The first kappa shape index (κ1) is 33.6. The van der Waals surface area contributed by atoms with Gasteiger partial charge in [0.15, 0.2) is 22.3 Å². The van der Waals surface area contributed by atoms with Crippen molar-refractivity contribution in [2.45, 2.75) is 95.3 Å². The Morgan fingerprint density at radius 3 is 1.78 bits per heavy atom. The highest BCUT2D eigenvalue weighted by molar-refractivity contribution is 5.70. The Morgan fingerprint density at radius 1 is 0.717 bits per heavy atom. The quantitative estimate of drug-likeness (QED) is 0.338. The van der Waals surface area contributed by atoms with E-state index in [1.54, 1.807) is 43.7 Å². The van der Waals surface area contributed by atoms with Crippen molar-refractivity contribution in [1.29, 1.82) is 0 Å². The van der Waals surface area contributed by atoms with E-state index in [4.69, 9.17) is 0 Å². The van der Waals surface area contributed by atoms with Crippen LogP contribution < -0.4 is 22.5 Å². The van der Waals surface area contributed by atoms with Crippen LogP contribution >= 0.6 is 0 Å². The van der Waals surface area contributed by atoms with Crippen molar-refractivity contribution >= 4 is 22.3 Å². The minimum absolute atomic E-state index is 0.180. The third-order valence-electron chi connectivity index (χ3n) is 10.2. The Balaban J connectivity index is 0.000000148. The summed E-state index contributed by atoms with van der Waals surface area (Å²) in [7, 11) is 8.17. The van der Waals surface area contributed by atoms with E-state index in [0.717, 1.165) is 49.5 Å². The fourth-order valence-corrected chi connectivity index (χ4v) is 6.99. The third-order valence-corrected chi connectivity index (χ3v) is 10.2. The van der Waals surface area contributed by atoms with Crippen LogP contribution in [0.3, 0.4) is 0 Å². The second-order valence-electron chi connectivity index (χ2n) is 13.5. The fourth-order valence-electron chi connectivity index (χ4n) is 6.99. The van der Waals surface area contributed by atoms with Gasteiger partial charge in [0.05, 0.1) is 24.4 Å². The van der Waals surface area contributed by atoms with Gasteiger partial charge in [-0.05, 0) is 69.6 Å². The van der Waals surface area contributed by atoms with E-state index in [-0.39, 0.29) is 34.2 Å². The van der Waals surface area contributed by atoms with Crippen molar-refractivity contribution in [2.75, 3.05) is 0 Å². The highest BCUT2D eigenvalue weighted by Gasteiger charge is 2.47. The highest BCUT2D eigenvalue weighted by Crippen LogP contribution is 2.47. The van der Waals surface area contributed by atoms with E-state index in [2.05, 4.69) is 9.97 Å². The van der Waals surface area contributed by atoms with Crippen LogP contribution in [0.4, 0.5) is 0 Å². The molecule has 46 heavy (non-hydrogen) atoms. The normalized spacial score (nSPS) is 21.0. The minimum atomic E-state index is -0.360. The van der Waals surface area contributed by atoms with Gasteiger partial charge in [0.1, 0.15) is 0 Å². The Bertz CT molecular complexity index is 1920. The number of hydrogen-bond donors (Lipinski definition) is 2. The molecule has 14 nitrogen and oxygen atoms in total. The topological polar surface area (TPSA) is 164 Å². The Kier molecular flexibility index (Phi) is 9.87. The molecule has 4 aromatic rings. The van der Waals surface area contributed by atoms with Gasteiger partial charge in [-0.25, -0.2) is 19.6 Å². The first-order chi connectivity index (χ1) is 21.8. The third kappa shape index (κ3) is 6.68. The number of rotatable bonds is 4. The largest absolute Gasteiger partial charge is 0.393 e. The van der Waals surface area contributed by atoms with Gasteiger partial charge in [-0.3, -0.25) is 27.9 Å². The van der Waals surface area contributed by atoms with Crippen LogP contribution in [0.2, 0.25) is 0 Å². The zero-order valence-electron chi connectivity index (χ0n) is 27.7. The summed E-state index contributed by atoms with van der Waals surface area (Å²) >= 11 is 0. The molecule has 0 aromatic carbocycles. The van der Waals surface area contributed by atoms with Crippen molar-refractivity contribution in [3.63, 3.8) is 0 Å². The first-order valence-electron chi connectivity index (χ1n) is 16.4. The molecule has 0 unspecified atom stereocenters. The van der Waals surface area contributed by atoms with Crippen LogP contribution in [0.15, 0.2) is 31.8 Å². The molecule has 7 rings (SSSR count). The molecule has 3 aliphatic rings. The van der Waals surface area contributed by atoms with Crippen molar-refractivity contribution in [3.8, 4) is 0 Å². The van der Waals surface area contributed by atoms with Crippen molar-refractivity contribution in [3.05, 3.63) is 54.3 Å². The van der Waals surface area contributed by atoms with Crippen molar-refractivity contribution in [2.24, 2.45) is 47.1 Å². The predicted molar refractivity (Wildman–Crippen MR) is 175 cm³/mol. The maximum Gasteiger partial charge on any atom is 0.332 e. The smallest absolute Gasteiger partial charge is 0.332 e. The Hall–Kier alpha value is -3.78. The standard InChI is InChI=1S/C15H22N4O3.C9H16O.C8H10N4O2/c1-17-9-16-13-12(17)14(21)19(15(22)18(13)2)8-7-10-3-5-11(20)6-4-10;10-9(6-7-9)8-4-2-1-3-5-8;1-10-4-9-6-5(10)7(13)12(3)8(14)11(6)2/h9-11,20H,3-8H2,1-2H3;8,10H,1-7H2;4H,1-3H3. The summed E-state index contributed by atoms with van der Waals surface area (Å²) in [6.45, 7) is 0.424. The van der Waals surface area contributed by atoms with Gasteiger partial charge >= 0.3 is 11.4 Å². The highest BCUT2D eigenvalue weighted by atomic mass is 16.3. The average Bonchev–Trinajstić information content (AvgIpc) is 3.50. The van der Waals surface area contributed by atoms with Crippen LogP contribution in [0, 0.1) is 11.8 Å². The zero-order valence-corrected chi connectivity index (χ0v) is 27.7. The number of aliphatic hydroxyl groups excluding tert-OH is 1. The van der Waals surface area contributed by atoms with Crippen LogP contribution in [0.1, 0.15) is 77.0 Å². The molecule has 0 bridgehead atoms. The summed E-state index contributed by atoms with van der Waals surface area (Å²) in [4.78, 5) is 56.2. The SMILES string of the molecule is Cn1c(=O)c2c(ncn2C)n(C)c1=O.Cn1cnc2c1c(=O)n(CCC1CCC(O)CC1)c(=O)n2C.OC1(C2CCCCC2)CC1. The number of aromatic nitrogens is 8. The van der Waals surface area contributed by atoms with Crippen LogP contribution in [-0.2, 0) is 41.8 Å². The van der Waals surface area contributed by atoms with Gasteiger partial charge in [0.25, 0.3) is 11.1 Å². The number of nitrogens with zero attached hydrogens (tertiary/aromatic N) is 8. The van der Waals surface area contributed by atoms with E-state index in [9.17, 15) is 29.4 Å². The Morgan fingerprint density at radius 2 is 1.24 bits per heavy atom. The molecule has 0 saturated heterocycles. The molecule has 0 amide bonds. The molecule has 14 heteroatoms. The molecule has 4 heterocycles. The van der Waals surface area contributed by atoms with Gasteiger partial charge in [0.2, 0.25) is 0 Å². The van der Waals surface area contributed by atoms with Gasteiger partial charge in [-0.2, -0.15) is 0 Å². The maximum absolute atomic E-state index is 12.6. The second-order valence-corrected chi connectivity index (χ2v) is 13.5. The maximum atomic E-state index is 12.6. The predicted octanol–water partition coefficient (Wildman–Crippen LogP) is 1.44. The summed E-state index contributed by atoms with van der Waals surface area (Å²) in [5, 5.41) is 19.3. The van der Waals surface area contributed by atoms with E-state index in [0.29, 0.717) is 40.7 Å². The molecule has 0 radical (unpaired) electrons. The van der Waals surface area contributed by atoms with Crippen LogP contribution in [0.25, 0.3) is 22.3 Å². The minimum Gasteiger partial charge on any atom is -0.393 e. The molecule has 0 aliphatic heterocycles. The molecule has 3 saturated carbocycles. The van der Waals surface area contributed by atoms with Gasteiger partial charge in [0, 0.05) is 41.8 Å². The molecular formula is C32H48N8O6. The van der Waals surface area contributed by atoms with E-state index >= 15 is 0 Å². The number of imidazole rings is 2. The fraction of sp³-hybridized carbons (Fsp3) is 0.688. The van der Waals surface area contributed by atoms with Gasteiger partial charge in [-0.15, -0.1) is 0 Å². The van der Waals surface area contributed by atoms with Crippen LogP contribution in [0.5, 0.6) is 0 Å². The average molecular weight is 641 g/mol. The van der Waals surface area contributed by atoms with Gasteiger partial charge in [-0.1, -0.05) is 19.3 Å². The van der Waals surface area contributed by atoms with E-state index in [1.165, 1.54) is 59.2 Å². The first-order valence-corrected chi connectivity index (χ1v) is 16.4. The molecule has 0 spiro atoms. The van der Waals surface area contributed by atoms with Crippen LogP contribution in [-0.4, -0.2) is 59.3 Å². The molecule has 2 N–H and O–H groups in total. The number of aryl methyl sites for hydroxylation is 4. The lowest BCUT2D eigenvalue weighted by Crippen LogP contribution is -2.40. The number of aliphatic hydroxyl groups is 2. The molecule has 3 fully saturated rings. The summed E-state index contributed by atoms with van der Waals surface area (Å²) in [6.07, 6.45) is 16.1. The number of fused-ring (bicyclic) bond motifs is 2. The molecule has 3 aliphatic carbocycles. The summed E-state index contributed by atoms with van der Waals surface area (Å²) < 4.78 is 8.44. The lowest BCUT2D eigenvalue weighted by atomic mass is 9.84. The number of hydrogen-bond acceptors (Lipinski definition) is 8. The zero-order chi connectivity index (χ0) is 33.3. The van der Waals surface area contributed by atoms with Gasteiger partial charge < -0.3 is 19.3 Å². The van der Waals surface area contributed by atoms with E-state index in [1.807, 2.05) is 0 Å². The Labute approximate surface area is 266 Å². The van der Waals surface area contributed by atoms with Crippen molar-refractivity contribution in [1.82, 2.24) is 37.4 Å². The lowest BCUT2D eigenvalue weighted by Gasteiger charge is -2.26.